The van der Waals surface area contributed by atoms with Crippen LogP contribution in [0, 0.1) is 11.3 Å². The first-order chi connectivity index (χ1) is 13.2. The molecular weight excluding hydrogens is 360 g/mol. The van der Waals surface area contributed by atoms with Gasteiger partial charge in [-0.1, -0.05) is 13.8 Å². The molecule has 1 atom stereocenters. The van der Waals surface area contributed by atoms with Crippen molar-refractivity contribution in [1.29, 1.82) is 0 Å². The van der Waals surface area contributed by atoms with Gasteiger partial charge in [0, 0.05) is 45.1 Å². The maximum absolute atomic E-state index is 12.8. The first kappa shape index (κ1) is 20.6. The lowest BCUT2D eigenvalue weighted by Crippen LogP contribution is -2.56. The van der Waals surface area contributed by atoms with Crippen LogP contribution in [0.15, 0.2) is 0 Å². The summed E-state index contributed by atoms with van der Waals surface area (Å²) in [7, 11) is 1.56. The minimum Gasteiger partial charge on any atom is -0.342 e. The molecule has 0 N–H and O–H groups in total. The number of likely N-dealkylation sites (N-methyl/N-ethyl adjacent to an activating group) is 1. The van der Waals surface area contributed by atoms with E-state index in [1.54, 1.807) is 11.9 Å². The van der Waals surface area contributed by atoms with Gasteiger partial charge in [-0.25, -0.2) is 4.79 Å². The van der Waals surface area contributed by atoms with Gasteiger partial charge in [0.05, 0.1) is 0 Å². The third-order valence-corrected chi connectivity index (χ3v) is 6.26. The molecule has 0 saturated carbocycles. The molecule has 1 spiro atoms. The predicted molar refractivity (Wildman–Crippen MR) is 103 cm³/mol. The van der Waals surface area contributed by atoms with E-state index in [9.17, 15) is 19.2 Å². The van der Waals surface area contributed by atoms with Gasteiger partial charge in [0.1, 0.15) is 13.1 Å². The van der Waals surface area contributed by atoms with E-state index in [0.717, 1.165) is 37.1 Å². The number of nitrogens with zero attached hydrogens (tertiary/aromatic N) is 4. The van der Waals surface area contributed by atoms with Crippen molar-refractivity contribution in [3.8, 4) is 0 Å². The number of amides is 5. The van der Waals surface area contributed by atoms with E-state index in [1.807, 2.05) is 4.90 Å². The van der Waals surface area contributed by atoms with Gasteiger partial charge < -0.3 is 14.7 Å². The van der Waals surface area contributed by atoms with Crippen LogP contribution in [-0.2, 0) is 14.4 Å². The molecule has 3 rings (SSSR count). The van der Waals surface area contributed by atoms with Gasteiger partial charge in [-0.3, -0.25) is 19.3 Å². The fourth-order valence-electron chi connectivity index (χ4n) is 4.53. The fourth-order valence-corrected chi connectivity index (χ4v) is 4.53. The van der Waals surface area contributed by atoms with Crippen molar-refractivity contribution in [2.24, 2.45) is 11.3 Å². The zero-order chi connectivity index (χ0) is 20.5. The second-order valence-corrected chi connectivity index (χ2v) is 9.04. The van der Waals surface area contributed by atoms with Crippen molar-refractivity contribution >= 4 is 23.8 Å². The van der Waals surface area contributed by atoms with Crippen LogP contribution < -0.4 is 0 Å². The normalized spacial score (nSPS) is 26.2. The molecule has 0 aromatic rings. The molecule has 3 saturated heterocycles. The highest BCUT2D eigenvalue weighted by molar-refractivity contribution is 6.04. The number of imide groups is 1. The summed E-state index contributed by atoms with van der Waals surface area (Å²) >= 11 is 0. The molecule has 156 valence electrons. The number of carbonyl (C=O) groups is 4. The molecule has 8 nitrogen and oxygen atoms in total. The zero-order valence-corrected chi connectivity index (χ0v) is 17.3. The minimum absolute atomic E-state index is 0.0307. The molecule has 3 aliphatic heterocycles. The molecule has 28 heavy (non-hydrogen) atoms. The van der Waals surface area contributed by atoms with Crippen LogP contribution >= 0.6 is 0 Å². The number of likely N-dealkylation sites (tertiary alicyclic amines) is 2. The van der Waals surface area contributed by atoms with Gasteiger partial charge in [0.2, 0.25) is 11.8 Å². The molecule has 0 aliphatic carbocycles. The Morgan fingerprint density at radius 2 is 1.86 bits per heavy atom. The Morgan fingerprint density at radius 3 is 2.50 bits per heavy atom. The Balaban J connectivity index is 1.62. The van der Waals surface area contributed by atoms with Crippen LogP contribution in [0.4, 0.5) is 4.79 Å². The number of carbonyl (C=O) groups excluding carboxylic acids is 4. The van der Waals surface area contributed by atoms with Crippen LogP contribution in [0.25, 0.3) is 0 Å². The molecule has 0 bridgehead atoms. The van der Waals surface area contributed by atoms with Crippen LogP contribution in [0.5, 0.6) is 0 Å². The molecule has 3 fully saturated rings. The standard InChI is InChI=1S/C20H32N4O4/c1-15(2)6-10-23-14-20(8-5-16(23)25)7-4-9-22(13-20)17(26)12-24-18(27)11-21(3)19(24)28/h15H,4-14H2,1-3H3/t20-/m1/s1. The van der Waals surface area contributed by atoms with Crippen molar-refractivity contribution in [1.82, 2.24) is 19.6 Å². The number of rotatable bonds is 5. The van der Waals surface area contributed by atoms with Gasteiger partial charge in [-0.15, -0.1) is 0 Å². The molecule has 8 heteroatoms. The van der Waals surface area contributed by atoms with E-state index in [-0.39, 0.29) is 36.2 Å². The predicted octanol–water partition coefficient (Wildman–Crippen LogP) is 1.16. The maximum Gasteiger partial charge on any atom is 0.327 e. The van der Waals surface area contributed by atoms with Gasteiger partial charge in [0.15, 0.2) is 0 Å². The van der Waals surface area contributed by atoms with Crippen molar-refractivity contribution in [3.63, 3.8) is 0 Å². The van der Waals surface area contributed by atoms with Crippen LogP contribution in [0.1, 0.15) is 46.0 Å². The van der Waals surface area contributed by atoms with Crippen molar-refractivity contribution in [2.75, 3.05) is 46.3 Å². The Kier molecular flexibility index (Phi) is 5.95. The SMILES string of the molecule is CC(C)CCN1C[C@]2(CCCN(C(=O)CN3C(=O)CN(C)C3=O)C2)CCC1=O. The first-order valence-corrected chi connectivity index (χ1v) is 10.3. The van der Waals surface area contributed by atoms with Crippen molar-refractivity contribution in [3.05, 3.63) is 0 Å². The lowest BCUT2D eigenvalue weighted by molar-refractivity contribution is -0.144. The van der Waals surface area contributed by atoms with E-state index in [1.165, 1.54) is 4.90 Å². The number of hydrogen-bond acceptors (Lipinski definition) is 4. The van der Waals surface area contributed by atoms with E-state index < -0.39 is 6.03 Å². The molecule has 3 aliphatic rings. The fraction of sp³-hybridized carbons (Fsp3) is 0.800. The van der Waals surface area contributed by atoms with Gasteiger partial charge >= 0.3 is 6.03 Å². The molecule has 3 heterocycles. The monoisotopic (exact) mass is 392 g/mol. The summed E-state index contributed by atoms with van der Waals surface area (Å²) in [6.07, 6.45) is 4.22. The van der Waals surface area contributed by atoms with E-state index >= 15 is 0 Å². The number of hydrogen-bond donors (Lipinski definition) is 0. The van der Waals surface area contributed by atoms with E-state index in [2.05, 4.69) is 13.8 Å². The summed E-state index contributed by atoms with van der Waals surface area (Å²) in [6.45, 7) is 6.88. The molecule has 0 aromatic heterocycles. The summed E-state index contributed by atoms with van der Waals surface area (Å²) in [5.74, 6) is 0.257. The average molecular weight is 393 g/mol. The summed E-state index contributed by atoms with van der Waals surface area (Å²) in [5.41, 5.74) is -0.0609. The highest BCUT2D eigenvalue weighted by atomic mass is 16.2. The smallest absolute Gasteiger partial charge is 0.327 e. The summed E-state index contributed by atoms with van der Waals surface area (Å²) < 4.78 is 0. The average Bonchev–Trinajstić information content (AvgIpc) is 2.89. The highest BCUT2D eigenvalue weighted by Crippen LogP contribution is 2.39. The third-order valence-electron chi connectivity index (χ3n) is 6.26. The molecule has 0 aromatic carbocycles. The zero-order valence-electron chi connectivity index (χ0n) is 17.3. The van der Waals surface area contributed by atoms with Gasteiger partial charge in [-0.05, 0) is 31.6 Å². The van der Waals surface area contributed by atoms with E-state index in [4.69, 9.17) is 0 Å². The Hall–Kier alpha value is -2.12. The lowest BCUT2D eigenvalue weighted by atomic mass is 9.73. The molecule has 5 amide bonds. The lowest BCUT2D eigenvalue weighted by Gasteiger charge is -2.48. The Morgan fingerprint density at radius 1 is 1.11 bits per heavy atom. The Bertz CT molecular complexity index is 665. The van der Waals surface area contributed by atoms with Gasteiger partial charge in [-0.2, -0.15) is 0 Å². The van der Waals surface area contributed by atoms with Crippen LogP contribution in [0.3, 0.4) is 0 Å². The maximum atomic E-state index is 12.8. The largest absolute Gasteiger partial charge is 0.342 e. The number of urea groups is 1. The number of piperidine rings is 2. The summed E-state index contributed by atoms with van der Waals surface area (Å²) in [6, 6.07) is -0.409. The van der Waals surface area contributed by atoms with Crippen LogP contribution in [-0.4, -0.2) is 89.7 Å². The second-order valence-electron chi connectivity index (χ2n) is 9.04. The summed E-state index contributed by atoms with van der Waals surface area (Å²) in [5, 5.41) is 0. The molecule has 0 unspecified atom stereocenters. The molecular formula is C20H32N4O4. The minimum atomic E-state index is -0.409. The third kappa shape index (κ3) is 4.31. The van der Waals surface area contributed by atoms with Crippen LogP contribution in [0.2, 0.25) is 0 Å². The van der Waals surface area contributed by atoms with Gasteiger partial charge in [0.25, 0.3) is 5.91 Å². The first-order valence-electron chi connectivity index (χ1n) is 10.3. The van der Waals surface area contributed by atoms with E-state index in [0.29, 0.717) is 32.0 Å². The van der Waals surface area contributed by atoms with Crippen molar-refractivity contribution in [2.45, 2.75) is 46.0 Å². The van der Waals surface area contributed by atoms with Crippen molar-refractivity contribution < 1.29 is 19.2 Å². The quantitative estimate of drug-likeness (QED) is 0.658. The molecule has 0 radical (unpaired) electrons. The highest BCUT2D eigenvalue weighted by Gasteiger charge is 2.43. The summed E-state index contributed by atoms with van der Waals surface area (Å²) in [4.78, 5) is 55.3. The Labute approximate surface area is 166 Å². The second kappa shape index (κ2) is 8.09. The topological polar surface area (TPSA) is 81.2 Å².